The molecular formula is C23H22ClFN2O2. The van der Waals surface area contributed by atoms with E-state index in [0.717, 1.165) is 16.9 Å². The van der Waals surface area contributed by atoms with Crippen molar-refractivity contribution in [2.45, 2.75) is 32.2 Å². The van der Waals surface area contributed by atoms with Crippen molar-refractivity contribution in [2.75, 3.05) is 6.61 Å². The normalized spacial score (nSPS) is 18.9. The van der Waals surface area contributed by atoms with Crippen LogP contribution in [0.15, 0.2) is 54.6 Å². The van der Waals surface area contributed by atoms with Gasteiger partial charge >= 0.3 is 5.97 Å². The summed E-state index contributed by atoms with van der Waals surface area (Å²) in [6, 6.07) is 12.2. The maximum Gasteiger partial charge on any atom is 0.309 e. The van der Waals surface area contributed by atoms with Crippen LogP contribution in [0.2, 0.25) is 5.02 Å². The molecule has 0 saturated heterocycles. The lowest BCUT2D eigenvalue weighted by atomic mass is 9.82. The van der Waals surface area contributed by atoms with Gasteiger partial charge in [0.15, 0.2) is 0 Å². The van der Waals surface area contributed by atoms with Crippen LogP contribution >= 0.6 is 11.6 Å². The number of hydrogen-bond donors (Lipinski definition) is 0. The Kier molecular flexibility index (Phi) is 5.67. The van der Waals surface area contributed by atoms with Crippen molar-refractivity contribution in [1.82, 2.24) is 9.55 Å². The number of carbonyl (C=O) groups excluding carboxylic acids is 1. The van der Waals surface area contributed by atoms with E-state index in [0.29, 0.717) is 36.5 Å². The van der Waals surface area contributed by atoms with Crippen molar-refractivity contribution in [2.24, 2.45) is 5.92 Å². The summed E-state index contributed by atoms with van der Waals surface area (Å²) in [6.45, 7) is 2.71. The van der Waals surface area contributed by atoms with Gasteiger partial charge in [-0.25, -0.2) is 9.37 Å². The Hall–Kier alpha value is -2.66. The number of aromatic nitrogens is 2. The molecule has 4 rings (SSSR count). The molecule has 0 saturated carbocycles. The Balaban J connectivity index is 1.80. The van der Waals surface area contributed by atoms with Gasteiger partial charge in [-0.1, -0.05) is 35.9 Å². The minimum Gasteiger partial charge on any atom is -0.466 e. The molecule has 29 heavy (non-hydrogen) atoms. The topological polar surface area (TPSA) is 44.1 Å². The zero-order valence-electron chi connectivity index (χ0n) is 16.1. The third-order valence-corrected chi connectivity index (χ3v) is 5.60. The van der Waals surface area contributed by atoms with E-state index in [1.54, 1.807) is 6.07 Å². The zero-order chi connectivity index (χ0) is 20.4. The molecule has 0 unspecified atom stereocenters. The van der Waals surface area contributed by atoms with Gasteiger partial charge in [0.2, 0.25) is 0 Å². The van der Waals surface area contributed by atoms with Crippen LogP contribution in [0.3, 0.4) is 0 Å². The van der Waals surface area contributed by atoms with Crippen molar-refractivity contribution in [3.8, 4) is 0 Å². The highest BCUT2D eigenvalue weighted by Gasteiger charge is 2.34. The molecule has 1 aromatic heterocycles. The summed E-state index contributed by atoms with van der Waals surface area (Å²) >= 11 is 6.02. The second-order valence-corrected chi connectivity index (χ2v) is 7.66. The molecule has 3 aromatic rings. The van der Waals surface area contributed by atoms with E-state index in [4.69, 9.17) is 21.3 Å². The van der Waals surface area contributed by atoms with Crippen molar-refractivity contribution >= 4 is 28.6 Å². The molecule has 6 heteroatoms. The fraction of sp³-hybridized carbons (Fsp3) is 0.304. The van der Waals surface area contributed by atoms with Gasteiger partial charge < -0.3 is 9.30 Å². The van der Waals surface area contributed by atoms with Gasteiger partial charge in [0.1, 0.15) is 11.6 Å². The van der Waals surface area contributed by atoms with Crippen LogP contribution in [0.25, 0.3) is 11.0 Å². The number of hydrogen-bond acceptors (Lipinski definition) is 3. The molecule has 1 aliphatic rings. The maximum atomic E-state index is 13.8. The number of fused-ring (bicyclic) bond motifs is 1. The van der Waals surface area contributed by atoms with Gasteiger partial charge in [-0.05, 0) is 49.6 Å². The van der Waals surface area contributed by atoms with Crippen molar-refractivity contribution in [3.05, 3.63) is 76.8 Å². The predicted octanol–water partition coefficient (Wildman–Crippen LogP) is 5.49. The highest BCUT2D eigenvalue weighted by atomic mass is 35.5. The standard InChI is InChI=1S/C23H22ClFN2O2/c1-2-29-23(28)19-6-4-3-5-18(19)22-26-20-13-17(25)11-12-21(20)27(22)14-15-7-9-16(24)10-8-15/h3-4,7-13,18-19H,2,5-6,14H2,1H3/t18-,19+/m0/s1. The van der Waals surface area contributed by atoms with Crippen LogP contribution in [0.4, 0.5) is 4.39 Å². The number of halogens is 2. The predicted molar refractivity (Wildman–Crippen MR) is 111 cm³/mol. The monoisotopic (exact) mass is 412 g/mol. The van der Waals surface area contributed by atoms with E-state index in [2.05, 4.69) is 10.6 Å². The van der Waals surface area contributed by atoms with E-state index >= 15 is 0 Å². The number of esters is 1. The molecule has 0 bridgehead atoms. The van der Waals surface area contributed by atoms with E-state index in [1.807, 2.05) is 37.3 Å². The summed E-state index contributed by atoms with van der Waals surface area (Å²) < 4.78 is 21.2. The summed E-state index contributed by atoms with van der Waals surface area (Å²) in [6.07, 6.45) is 5.40. The Morgan fingerprint density at radius 1 is 1.21 bits per heavy atom. The number of rotatable bonds is 5. The first-order chi connectivity index (χ1) is 14.1. The zero-order valence-corrected chi connectivity index (χ0v) is 16.9. The Morgan fingerprint density at radius 3 is 2.72 bits per heavy atom. The lowest BCUT2D eigenvalue weighted by molar-refractivity contribution is -0.149. The summed E-state index contributed by atoms with van der Waals surface area (Å²) in [7, 11) is 0. The SMILES string of the molecule is CCOC(=O)[C@@H]1CC=CC[C@@H]1c1nc2cc(F)ccc2n1Cc1ccc(Cl)cc1. The molecular weight excluding hydrogens is 391 g/mol. The van der Waals surface area contributed by atoms with Crippen LogP contribution in [-0.2, 0) is 16.1 Å². The molecule has 0 radical (unpaired) electrons. The smallest absolute Gasteiger partial charge is 0.309 e. The third kappa shape index (κ3) is 4.06. The molecule has 1 heterocycles. The van der Waals surface area contributed by atoms with E-state index in [9.17, 15) is 9.18 Å². The van der Waals surface area contributed by atoms with Gasteiger partial charge in [-0.15, -0.1) is 0 Å². The van der Waals surface area contributed by atoms with E-state index in [1.165, 1.54) is 12.1 Å². The highest BCUT2D eigenvalue weighted by molar-refractivity contribution is 6.30. The Bertz CT molecular complexity index is 1060. The quantitative estimate of drug-likeness (QED) is 0.411. The second-order valence-electron chi connectivity index (χ2n) is 7.22. The average molecular weight is 413 g/mol. The first kappa shape index (κ1) is 19.6. The van der Waals surface area contributed by atoms with Crippen LogP contribution in [0, 0.1) is 11.7 Å². The number of allylic oxidation sites excluding steroid dienone is 2. The molecule has 150 valence electrons. The van der Waals surface area contributed by atoms with Crippen LogP contribution in [0.5, 0.6) is 0 Å². The van der Waals surface area contributed by atoms with Crippen LogP contribution in [-0.4, -0.2) is 22.1 Å². The minimum absolute atomic E-state index is 0.123. The molecule has 0 aliphatic heterocycles. The molecule has 0 spiro atoms. The lowest BCUT2D eigenvalue weighted by Gasteiger charge is -2.27. The minimum atomic E-state index is -0.328. The van der Waals surface area contributed by atoms with Gasteiger partial charge in [0, 0.05) is 23.6 Å². The van der Waals surface area contributed by atoms with E-state index < -0.39 is 0 Å². The number of benzene rings is 2. The Morgan fingerprint density at radius 2 is 1.97 bits per heavy atom. The van der Waals surface area contributed by atoms with Crippen molar-refractivity contribution < 1.29 is 13.9 Å². The summed E-state index contributed by atoms with van der Waals surface area (Å²) in [5, 5.41) is 0.673. The number of ether oxygens (including phenoxy) is 1. The van der Waals surface area contributed by atoms with Gasteiger partial charge in [-0.3, -0.25) is 4.79 Å². The van der Waals surface area contributed by atoms with E-state index in [-0.39, 0.29) is 23.6 Å². The Labute approximate surface area is 174 Å². The molecule has 4 nitrogen and oxygen atoms in total. The number of imidazole rings is 1. The summed E-state index contributed by atoms with van der Waals surface area (Å²) in [4.78, 5) is 17.3. The van der Waals surface area contributed by atoms with Crippen LogP contribution < -0.4 is 0 Å². The fourth-order valence-corrected chi connectivity index (χ4v) is 4.08. The van der Waals surface area contributed by atoms with Crippen molar-refractivity contribution in [3.63, 3.8) is 0 Å². The number of nitrogens with zero attached hydrogens (tertiary/aromatic N) is 2. The van der Waals surface area contributed by atoms with Crippen LogP contribution in [0.1, 0.15) is 37.1 Å². The van der Waals surface area contributed by atoms with Crippen molar-refractivity contribution in [1.29, 1.82) is 0 Å². The first-order valence-corrected chi connectivity index (χ1v) is 10.2. The fourth-order valence-electron chi connectivity index (χ4n) is 3.95. The second kappa shape index (κ2) is 8.37. The highest BCUT2D eigenvalue weighted by Crippen LogP contribution is 2.37. The maximum absolute atomic E-state index is 13.8. The summed E-state index contributed by atoms with van der Waals surface area (Å²) in [5.74, 6) is -0.181. The van der Waals surface area contributed by atoms with Gasteiger partial charge in [0.05, 0.1) is 23.6 Å². The first-order valence-electron chi connectivity index (χ1n) is 9.78. The van der Waals surface area contributed by atoms with Gasteiger partial charge in [-0.2, -0.15) is 0 Å². The molecule has 0 amide bonds. The molecule has 1 aliphatic carbocycles. The average Bonchev–Trinajstić information content (AvgIpc) is 3.07. The molecule has 0 fully saturated rings. The lowest BCUT2D eigenvalue weighted by Crippen LogP contribution is -2.28. The number of carbonyl (C=O) groups is 1. The molecule has 2 aromatic carbocycles. The largest absolute Gasteiger partial charge is 0.466 e. The molecule has 2 atom stereocenters. The third-order valence-electron chi connectivity index (χ3n) is 5.35. The van der Waals surface area contributed by atoms with Gasteiger partial charge in [0.25, 0.3) is 0 Å². The molecule has 0 N–H and O–H groups in total. The summed E-state index contributed by atoms with van der Waals surface area (Å²) in [5.41, 5.74) is 2.48.